The minimum absolute atomic E-state index is 0. The van der Waals surface area contributed by atoms with Crippen LogP contribution in [0.5, 0.6) is 0 Å². The Hall–Kier alpha value is -0.970. The van der Waals surface area contributed by atoms with Crippen molar-refractivity contribution in [2.45, 2.75) is 0 Å². The molecule has 0 atom stereocenters. The number of carboxylic acid groups (broad SMARTS) is 1. The van der Waals surface area contributed by atoms with Crippen LogP contribution in [-0.2, 0) is 0 Å². The Bertz CT molecular complexity index is 317. The van der Waals surface area contributed by atoms with Gasteiger partial charge in [-0.1, -0.05) is 11.6 Å². The minimum atomic E-state index is -1.07. The number of nitrogens with one attached hydrogen (secondary N) is 1. The topological polar surface area (TPSA) is 75.3 Å². The van der Waals surface area contributed by atoms with Gasteiger partial charge in [0.25, 0.3) is 0 Å². The van der Waals surface area contributed by atoms with Gasteiger partial charge in [-0.05, 0) is 18.2 Å². The van der Waals surface area contributed by atoms with E-state index in [1.165, 1.54) is 12.1 Å². The predicted octanol–water partition coefficient (Wildman–Crippen LogP) is 1.75. The summed E-state index contributed by atoms with van der Waals surface area (Å²) < 4.78 is 0. The number of hydrazine groups is 1. The summed E-state index contributed by atoms with van der Waals surface area (Å²) in [5.74, 6) is 4.01. The number of nitrogens with two attached hydrogens (primary N) is 1. The lowest BCUT2D eigenvalue weighted by atomic mass is 10.2. The van der Waals surface area contributed by atoms with Crippen molar-refractivity contribution < 1.29 is 9.90 Å². The third-order valence-corrected chi connectivity index (χ3v) is 1.69. The smallest absolute Gasteiger partial charge is 0.337 e. The minimum Gasteiger partial charge on any atom is -0.478 e. The molecule has 13 heavy (non-hydrogen) atoms. The highest BCUT2D eigenvalue weighted by Gasteiger charge is 2.08. The number of carboxylic acids is 1. The van der Waals surface area contributed by atoms with Crippen LogP contribution in [0.2, 0.25) is 5.02 Å². The van der Waals surface area contributed by atoms with Crippen molar-refractivity contribution in [1.29, 1.82) is 0 Å². The second-order valence-corrected chi connectivity index (χ2v) is 2.55. The first-order valence-corrected chi connectivity index (χ1v) is 3.52. The van der Waals surface area contributed by atoms with Crippen LogP contribution in [0.3, 0.4) is 0 Å². The van der Waals surface area contributed by atoms with Crippen LogP contribution in [0.4, 0.5) is 5.69 Å². The van der Waals surface area contributed by atoms with Crippen molar-refractivity contribution in [1.82, 2.24) is 0 Å². The van der Waals surface area contributed by atoms with Crippen LogP contribution >= 0.6 is 24.0 Å². The highest BCUT2D eigenvalue weighted by molar-refractivity contribution is 6.33. The number of rotatable bonds is 2. The lowest BCUT2D eigenvalue weighted by Gasteiger charge is -2.02. The van der Waals surface area contributed by atoms with Gasteiger partial charge in [0, 0.05) is 5.69 Å². The maximum Gasteiger partial charge on any atom is 0.337 e. The Labute approximate surface area is 86.1 Å². The van der Waals surface area contributed by atoms with E-state index in [1.54, 1.807) is 6.07 Å². The first-order chi connectivity index (χ1) is 5.65. The van der Waals surface area contributed by atoms with Crippen LogP contribution < -0.4 is 11.3 Å². The van der Waals surface area contributed by atoms with Crippen molar-refractivity contribution in [3.8, 4) is 0 Å². The van der Waals surface area contributed by atoms with Crippen molar-refractivity contribution in [3.05, 3.63) is 28.8 Å². The molecule has 6 heteroatoms. The Kier molecular flexibility index (Phi) is 4.55. The molecule has 0 unspecified atom stereocenters. The molecule has 0 saturated heterocycles. The molecule has 0 heterocycles. The van der Waals surface area contributed by atoms with E-state index in [1.807, 2.05) is 0 Å². The first kappa shape index (κ1) is 12.0. The lowest BCUT2D eigenvalue weighted by molar-refractivity contribution is 0.0697. The summed E-state index contributed by atoms with van der Waals surface area (Å²) in [6.45, 7) is 0. The van der Waals surface area contributed by atoms with Gasteiger partial charge in [0.15, 0.2) is 0 Å². The lowest BCUT2D eigenvalue weighted by Crippen LogP contribution is -2.08. The van der Waals surface area contributed by atoms with Gasteiger partial charge in [-0.25, -0.2) is 4.79 Å². The highest BCUT2D eigenvalue weighted by Crippen LogP contribution is 2.19. The van der Waals surface area contributed by atoms with E-state index in [0.717, 1.165) is 0 Å². The molecule has 1 aromatic carbocycles. The normalized spacial score (nSPS) is 8.77. The van der Waals surface area contributed by atoms with E-state index in [9.17, 15) is 4.79 Å². The number of carbonyl (C=O) groups is 1. The molecular weight excluding hydrogens is 215 g/mol. The molecule has 1 aromatic rings. The van der Waals surface area contributed by atoms with Gasteiger partial charge in [-0.15, -0.1) is 12.4 Å². The maximum absolute atomic E-state index is 10.5. The van der Waals surface area contributed by atoms with Crippen LogP contribution in [0.25, 0.3) is 0 Å². The van der Waals surface area contributed by atoms with Crippen molar-refractivity contribution in [2.24, 2.45) is 5.84 Å². The van der Waals surface area contributed by atoms with E-state index < -0.39 is 5.97 Å². The van der Waals surface area contributed by atoms with Gasteiger partial charge in [0.05, 0.1) is 10.6 Å². The zero-order valence-electron chi connectivity index (χ0n) is 6.45. The SMILES string of the molecule is Cl.NNc1ccc(Cl)c(C(=O)O)c1. The Balaban J connectivity index is 0.00000144. The fourth-order valence-electron chi connectivity index (χ4n) is 0.779. The molecular formula is C7H8Cl2N2O2. The molecule has 72 valence electrons. The zero-order chi connectivity index (χ0) is 9.14. The van der Waals surface area contributed by atoms with Crippen LogP contribution in [0.1, 0.15) is 10.4 Å². The number of anilines is 1. The number of aromatic carboxylic acids is 1. The van der Waals surface area contributed by atoms with Crippen molar-refractivity contribution in [2.75, 3.05) is 5.43 Å². The zero-order valence-corrected chi connectivity index (χ0v) is 8.02. The second kappa shape index (κ2) is 4.91. The number of halogens is 2. The molecule has 0 aliphatic rings. The summed E-state index contributed by atoms with van der Waals surface area (Å²) in [5.41, 5.74) is 2.87. The molecule has 0 spiro atoms. The third-order valence-electron chi connectivity index (χ3n) is 1.36. The van der Waals surface area contributed by atoms with E-state index in [4.69, 9.17) is 22.6 Å². The van der Waals surface area contributed by atoms with Crippen molar-refractivity contribution >= 4 is 35.7 Å². The first-order valence-electron chi connectivity index (χ1n) is 3.14. The van der Waals surface area contributed by atoms with Gasteiger partial charge < -0.3 is 10.5 Å². The molecule has 0 saturated carbocycles. The highest BCUT2D eigenvalue weighted by atomic mass is 35.5. The van der Waals surface area contributed by atoms with Gasteiger partial charge in [-0.2, -0.15) is 0 Å². The molecule has 0 radical (unpaired) electrons. The largest absolute Gasteiger partial charge is 0.478 e. The molecule has 0 bridgehead atoms. The molecule has 0 fully saturated rings. The van der Waals surface area contributed by atoms with E-state index in [-0.39, 0.29) is 23.0 Å². The van der Waals surface area contributed by atoms with Gasteiger partial charge >= 0.3 is 5.97 Å². The van der Waals surface area contributed by atoms with Crippen LogP contribution in [0, 0.1) is 0 Å². The molecule has 0 aliphatic heterocycles. The molecule has 1 rings (SSSR count). The van der Waals surface area contributed by atoms with E-state index in [2.05, 4.69) is 5.43 Å². The van der Waals surface area contributed by atoms with E-state index in [0.29, 0.717) is 5.69 Å². The van der Waals surface area contributed by atoms with Crippen LogP contribution in [0.15, 0.2) is 18.2 Å². The van der Waals surface area contributed by atoms with Gasteiger partial charge in [0.2, 0.25) is 0 Å². The molecule has 0 aromatic heterocycles. The number of hydrogen-bond acceptors (Lipinski definition) is 3. The average Bonchev–Trinajstić information content (AvgIpc) is 2.05. The standard InChI is InChI=1S/C7H7ClN2O2.ClH/c8-6-2-1-4(10-9)3-5(6)7(11)12;/h1-3,10H,9H2,(H,11,12);1H. The Morgan fingerprint density at radius 2 is 2.15 bits per heavy atom. The van der Waals surface area contributed by atoms with Gasteiger partial charge in [-0.3, -0.25) is 5.84 Å². The predicted molar refractivity (Wildman–Crippen MR) is 53.5 cm³/mol. The summed E-state index contributed by atoms with van der Waals surface area (Å²) in [6.07, 6.45) is 0. The summed E-state index contributed by atoms with van der Waals surface area (Å²) in [6, 6.07) is 4.43. The molecule has 4 N–H and O–H groups in total. The third kappa shape index (κ3) is 2.77. The molecule has 0 aliphatic carbocycles. The Morgan fingerprint density at radius 3 is 2.62 bits per heavy atom. The number of hydrogen-bond donors (Lipinski definition) is 3. The molecule has 4 nitrogen and oxygen atoms in total. The van der Waals surface area contributed by atoms with Crippen LogP contribution in [-0.4, -0.2) is 11.1 Å². The fraction of sp³-hybridized carbons (Fsp3) is 0. The second-order valence-electron chi connectivity index (χ2n) is 2.14. The monoisotopic (exact) mass is 222 g/mol. The summed E-state index contributed by atoms with van der Waals surface area (Å²) in [7, 11) is 0. The Morgan fingerprint density at radius 1 is 1.54 bits per heavy atom. The quantitative estimate of drug-likeness (QED) is 0.527. The fourth-order valence-corrected chi connectivity index (χ4v) is 0.977. The summed E-state index contributed by atoms with van der Waals surface area (Å²) in [5, 5.41) is 8.83. The van der Waals surface area contributed by atoms with E-state index >= 15 is 0 Å². The molecule has 0 amide bonds. The van der Waals surface area contributed by atoms with Gasteiger partial charge in [0.1, 0.15) is 0 Å². The summed E-state index contributed by atoms with van der Waals surface area (Å²) in [4.78, 5) is 10.5. The average molecular weight is 223 g/mol. The summed E-state index contributed by atoms with van der Waals surface area (Å²) >= 11 is 5.60. The number of nitrogen functional groups attached to an aromatic ring is 1. The van der Waals surface area contributed by atoms with Crippen molar-refractivity contribution in [3.63, 3.8) is 0 Å². The number of benzene rings is 1. The maximum atomic E-state index is 10.5.